The maximum atomic E-state index is 5.19. The summed E-state index contributed by atoms with van der Waals surface area (Å²) in [5.74, 6) is 2.61. The zero-order valence-corrected chi connectivity index (χ0v) is 8.19. The van der Waals surface area contributed by atoms with E-state index < -0.39 is 0 Å². The number of aryl methyl sites for hydroxylation is 1. The van der Waals surface area contributed by atoms with Crippen LogP contribution in [0.15, 0.2) is 5.51 Å². The molecule has 2 nitrogen and oxygen atoms in total. The van der Waals surface area contributed by atoms with E-state index in [2.05, 4.69) is 15.8 Å². The van der Waals surface area contributed by atoms with Crippen molar-refractivity contribution in [1.29, 1.82) is 0 Å². The minimum Gasteiger partial charge on any atom is -0.290 e. The van der Waals surface area contributed by atoms with E-state index >= 15 is 0 Å². The summed E-state index contributed by atoms with van der Waals surface area (Å²) in [5.41, 5.74) is 2.98. The molecule has 0 N–H and O–H groups in total. The Morgan fingerprint density at radius 2 is 2.50 bits per heavy atom. The molecule has 1 rings (SSSR count). The van der Waals surface area contributed by atoms with Crippen molar-refractivity contribution in [1.82, 2.24) is 9.88 Å². The zero-order chi connectivity index (χ0) is 8.97. The van der Waals surface area contributed by atoms with Gasteiger partial charge >= 0.3 is 0 Å². The Hall–Kier alpha value is -0.850. The van der Waals surface area contributed by atoms with E-state index in [0.29, 0.717) is 6.54 Å². The molecule has 0 aliphatic heterocycles. The molecule has 1 heterocycles. The summed E-state index contributed by atoms with van der Waals surface area (Å²) < 4.78 is 0. The first kappa shape index (κ1) is 9.24. The molecule has 0 amide bonds. The van der Waals surface area contributed by atoms with Gasteiger partial charge in [0, 0.05) is 11.4 Å². The number of rotatable bonds is 3. The maximum Gasteiger partial charge on any atom is 0.0798 e. The third-order valence-corrected chi connectivity index (χ3v) is 2.54. The van der Waals surface area contributed by atoms with E-state index in [1.165, 1.54) is 4.88 Å². The Morgan fingerprint density at radius 1 is 1.75 bits per heavy atom. The molecule has 0 radical (unpaired) electrons. The second-order valence-corrected chi connectivity index (χ2v) is 3.68. The van der Waals surface area contributed by atoms with Crippen LogP contribution in [-0.2, 0) is 6.54 Å². The number of hydrogen-bond acceptors (Lipinski definition) is 3. The fraction of sp³-hybridized carbons (Fsp3) is 0.444. The average Bonchev–Trinajstić information content (AvgIpc) is 2.37. The highest BCUT2D eigenvalue weighted by molar-refractivity contribution is 7.09. The topological polar surface area (TPSA) is 16.1 Å². The van der Waals surface area contributed by atoms with Crippen molar-refractivity contribution in [3.63, 3.8) is 0 Å². The molecule has 0 unspecified atom stereocenters. The predicted molar refractivity (Wildman–Crippen MR) is 52.0 cm³/mol. The molecule has 0 fully saturated rings. The zero-order valence-electron chi connectivity index (χ0n) is 7.37. The minimum absolute atomic E-state index is 0.692. The fourth-order valence-electron chi connectivity index (χ4n) is 0.935. The molecule has 1 aromatic rings. The summed E-state index contributed by atoms with van der Waals surface area (Å²) >= 11 is 1.68. The van der Waals surface area contributed by atoms with Crippen molar-refractivity contribution in [3.05, 3.63) is 16.1 Å². The van der Waals surface area contributed by atoms with Crippen LogP contribution in [0.2, 0.25) is 0 Å². The number of nitrogens with zero attached hydrogens (tertiary/aromatic N) is 2. The summed E-state index contributed by atoms with van der Waals surface area (Å²) in [6, 6.07) is 0. The van der Waals surface area contributed by atoms with E-state index in [-0.39, 0.29) is 0 Å². The molecule has 0 spiro atoms. The van der Waals surface area contributed by atoms with Gasteiger partial charge in [-0.1, -0.05) is 5.92 Å². The predicted octanol–water partition coefficient (Wildman–Crippen LogP) is 1.52. The average molecular weight is 180 g/mol. The SMILES string of the molecule is C#CCN(C)Cc1scnc1C. The van der Waals surface area contributed by atoms with Gasteiger partial charge in [-0.3, -0.25) is 4.90 Å². The van der Waals surface area contributed by atoms with Crippen molar-refractivity contribution in [2.45, 2.75) is 13.5 Å². The van der Waals surface area contributed by atoms with Gasteiger partial charge in [-0.25, -0.2) is 4.98 Å². The summed E-state index contributed by atoms with van der Waals surface area (Å²) in [7, 11) is 2.01. The summed E-state index contributed by atoms with van der Waals surface area (Å²) in [6.45, 7) is 3.62. The van der Waals surface area contributed by atoms with Gasteiger partial charge < -0.3 is 0 Å². The number of hydrogen-bond donors (Lipinski definition) is 0. The standard InChI is InChI=1S/C9H12N2S/c1-4-5-11(3)6-9-8(2)10-7-12-9/h1,7H,5-6H2,2-3H3. The van der Waals surface area contributed by atoms with Gasteiger partial charge in [0.05, 0.1) is 17.7 Å². The largest absolute Gasteiger partial charge is 0.290 e. The van der Waals surface area contributed by atoms with Gasteiger partial charge in [-0.15, -0.1) is 17.8 Å². The first-order valence-corrected chi connectivity index (χ1v) is 4.63. The van der Waals surface area contributed by atoms with E-state index in [1.807, 2.05) is 19.5 Å². The molecule has 0 aliphatic carbocycles. The minimum atomic E-state index is 0.692. The Bertz CT molecular complexity index is 285. The van der Waals surface area contributed by atoms with E-state index in [9.17, 15) is 0 Å². The van der Waals surface area contributed by atoms with Crippen molar-refractivity contribution in [2.24, 2.45) is 0 Å². The second-order valence-electron chi connectivity index (χ2n) is 2.74. The first-order valence-electron chi connectivity index (χ1n) is 3.75. The van der Waals surface area contributed by atoms with E-state index in [0.717, 1.165) is 12.2 Å². The molecule has 3 heteroatoms. The van der Waals surface area contributed by atoms with Gasteiger partial charge in [-0.05, 0) is 14.0 Å². The lowest BCUT2D eigenvalue weighted by Crippen LogP contribution is -2.17. The monoisotopic (exact) mass is 180 g/mol. The molecule has 0 saturated heterocycles. The van der Waals surface area contributed by atoms with Crippen LogP contribution in [0.4, 0.5) is 0 Å². The number of terminal acetylenes is 1. The van der Waals surface area contributed by atoms with Gasteiger partial charge in [0.25, 0.3) is 0 Å². The van der Waals surface area contributed by atoms with Crippen LogP contribution in [0.5, 0.6) is 0 Å². The molecular formula is C9H12N2S. The third kappa shape index (κ3) is 2.33. The van der Waals surface area contributed by atoms with Gasteiger partial charge in [0.2, 0.25) is 0 Å². The Kier molecular flexibility index (Phi) is 3.27. The molecule has 0 aromatic carbocycles. The normalized spacial score (nSPS) is 10.2. The molecular weight excluding hydrogens is 168 g/mol. The number of aromatic nitrogens is 1. The molecule has 64 valence electrons. The Balaban J connectivity index is 2.53. The van der Waals surface area contributed by atoms with Crippen LogP contribution in [-0.4, -0.2) is 23.5 Å². The van der Waals surface area contributed by atoms with E-state index in [1.54, 1.807) is 11.3 Å². The summed E-state index contributed by atoms with van der Waals surface area (Å²) in [5, 5.41) is 0. The van der Waals surface area contributed by atoms with Crippen molar-refractivity contribution in [2.75, 3.05) is 13.6 Å². The van der Waals surface area contributed by atoms with Crippen LogP contribution < -0.4 is 0 Å². The van der Waals surface area contributed by atoms with Crippen LogP contribution >= 0.6 is 11.3 Å². The lowest BCUT2D eigenvalue weighted by molar-refractivity contribution is 0.371. The Labute approximate surface area is 77.2 Å². The smallest absolute Gasteiger partial charge is 0.0798 e. The van der Waals surface area contributed by atoms with Crippen molar-refractivity contribution >= 4 is 11.3 Å². The van der Waals surface area contributed by atoms with E-state index in [4.69, 9.17) is 6.42 Å². The van der Waals surface area contributed by atoms with Crippen molar-refractivity contribution < 1.29 is 0 Å². The molecule has 0 atom stereocenters. The maximum absolute atomic E-state index is 5.19. The van der Waals surface area contributed by atoms with Gasteiger partial charge in [-0.2, -0.15) is 0 Å². The molecule has 12 heavy (non-hydrogen) atoms. The molecule has 0 saturated carbocycles. The lowest BCUT2D eigenvalue weighted by Gasteiger charge is -2.11. The van der Waals surface area contributed by atoms with Crippen LogP contribution in [0.1, 0.15) is 10.6 Å². The molecule has 1 aromatic heterocycles. The first-order chi connectivity index (χ1) is 5.74. The quantitative estimate of drug-likeness (QED) is 0.656. The number of thiazole rings is 1. The van der Waals surface area contributed by atoms with Gasteiger partial charge in [0.15, 0.2) is 0 Å². The molecule has 0 aliphatic rings. The van der Waals surface area contributed by atoms with Crippen molar-refractivity contribution in [3.8, 4) is 12.3 Å². The third-order valence-electron chi connectivity index (χ3n) is 1.62. The highest BCUT2D eigenvalue weighted by atomic mass is 32.1. The lowest BCUT2D eigenvalue weighted by atomic mass is 10.4. The van der Waals surface area contributed by atoms with Crippen LogP contribution in [0, 0.1) is 19.3 Å². The van der Waals surface area contributed by atoms with Gasteiger partial charge in [0.1, 0.15) is 0 Å². The Morgan fingerprint density at radius 3 is 3.00 bits per heavy atom. The summed E-state index contributed by atoms with van der Waals surface area (Å²) in [6.07, 6.45) is 5.19. The second kappa shape index (κ2) is 4.24. The highest BCUT2D eigenvalue weighted by Crippen LogP contribution is 2.13. The fourth-order valence-corrected chi connectivity index (χ4v) is 1.79. The highest BCUT2D eigenvalue weighted by Gasteiger charge is 2.03. The summed E-state index contributed by atoms with van der Waals surface area (Å²) in [4.78, 5) is 7.57. The van der Waals surface area contributed by atoms with Crippen LogP contribution in [0.25, 0.3) is 0 Å². The molecule has 0 bridgehead atoms. The van der Waals surface area contributed by atoms with Crippen LogP contribution in [0.3, 0.4) is 0 Å².